The van der Waals surface area contributed by atoms with Gasteiger partial charge in [0.25, 0.3) is 0 Å². The maximum Gasteiger partial charge on any atom is 0.0455 e. The third-order valence-corrected chi connectivity index (χ3v) is 5.61. The number of nitrogens with one attached hydrogen (secondary N) is 1. The minimum absolute atomic E-state index is 0.0526. The van der Waals surface area contributed by atoms with Crippen molar-refractivity contribution in [1.82, 2.24) is 0 Å². The highest BCUT2D eigenvalue weighted by Gasteiger charge is 2.29. The molecular formula is C27H26ClN. The summed E-state index contributed by atoms with van der Waals surface area (Å²) >= 11 is 6.17. The Morgan fingerprint density at radius 3 is 2.62 bits per heavy atom. The first-order chi connectivity index (χ1) is 14.0. The molecule has 1 N–H and O–H groups in total. The fourth-order valence-electron chi connectivity index (χ4n) is 3.90. The second-order valence-electron chi connectivity index (χ2n) is 7.22. The van der Waals surface area contributed by atoms with Gasteiger partial charge >= 0.3 is 0 Å². The number of halogens is 1. The molecule has 1 aliphatic carbocycles. The molecule has 0 spiro atoms. The lowest BCUT2D eigenvalue weighted by Crippen LogP contribution is -2.15. The molecule has 2 aromatic rings. The van der Waals surface area contributed by atoms with Crippen molar-refractivity contribution in [2.24, 2.45) is 5.92 Å². The zero-order valence-corrected chi connectivity index (χ0v) is 17.8. The van der Waals surface area contributed by atoms with E-state index in [1.165, 1.54) is 16.7 Å². The SMILES string of the molecule is C=C/C=C(\C=C/C)C(=C)C1=C(C(C)C(=N)c2cccc(Cl)c2)Cc2ccccc21. The minimum Gasteiger partial charge on any atom is -0.304 e. The molecule has 1 nitrogen and oxygen atoms in total. The number of allylic oxidation sites excluding steroid dienone is 8. The van der Waals surface area contributed by atoms with Crippen LogP contribution >= 0.6 is 11.6 Å². The summed E-state index contributed by atoms with van der Waals surface area (Å²) in [6.07, 6.45) is 8.67. The van der Waals surface area contributed by atoms with Crippen LogP contribution in [0.4, 0.5) is 0 Å². The van der Waals surface area contributed by atoms with Gasteiger partial charge in [-0.2, -0.15) is 0 Å². The summed E-state index contributed by atoms with van der Waals surface area (Å²) in [5, 5.41) is 9.49. The Labute approximate surface area is 178 Å². The van der Waals surface area contributed by atoms with E-state index in [1.54, 1.807) is 6.08 Å². The van der Waals surface area contributed by atoms with Gasteiger partial charge in [-0.1, -0.05) is 92.4 Å². The minimum atomic E-state index is -0.0526. The molecule has 1 atom stereocenters. The Balaban J connectivity index is 2.11. The summed E-state index contributed by atoms with van der Waals surface area (Å²) in [7, 11) is 0. The second-order valence-corrected chi connectivity index (χ2v) is 7.65. The molecule has 0 fully saturated rings. The zero-order valence-electron chi connectivity index (χ0n) is 17.0. The molecule has 0 aliphatic heterocycles. The summed E-state index contributed by atoms with van der Waals surface area (Å²) in [5.74, 6) is -0.0526. The fraction of sp³-hybridized carbons (Fsp3) is 0.148. The van der Waals surface area contributed by atoms with Gasteiger partial charge < -0.3 is 5.41 Å². The first-order valence-corrected chi connectivity index (χ1v) is 10.2. The number of hydrogen-bond donors (Lipinski definition) is 1. The molecule has 1 unspecified atom stereocenters. The van der Waals surface area contributed by atoms with Gasteiger partial charge in [0, 0.05) is 16.7 Å². The van der Waals surface area contributed by atoms with Crippen molar-refractivity contribution in [3.05, 3.63) is 124 Å². The van der Waals surface area contributed by atoms with Crippen LogP contribution in [0.5, 0.6) is 0 Å². The number of fused-ring (bicyclic) bond motifs is 1. The maximum atomic E-state index is 8.84. The van der Waals surface area contributed by atoms with Gasteiger partial charge in [0.15, 0.2) is 0 Å². The Bertz CT molecular complexity index is 1070. The van der Waals surface area contributed by atoms with E-state index in [-0.39, 0.29) is 5.92 Å². The normalized spacial score (nSPS) is 14.8. The average Bonchev–Trinajstić information content (AvgIpc) is 3.11. The smallest absolute Gasteiger partial charge is 0.0455 e. The van der Waals surface area contributed by atoms with Crippen molar-refractivity contribution in [2.45, 2.75) is 20.3 Å². The van der Waals surface area contributed by atoms with Gasteiger partial charge in [-0.15, -0.1) is 0 Å². The van der Waals surface area contributed by atoms with E-state index in [2.05, 4.69) is 50.4 Å². The Morgan fingerprint density at radius 1 is 1.17 bits per heavy atom. The summed E-state index contributed by atoms with van der Waals surface area (Å²) in [5.41, 5.74) is 8.28. The van der Waals surface area contributed by atoms with Crippen molar-refractivity contribution in [1.29, 1.82) is 5.41 Å². The van der Waals surface area contributed by atoms with Crippen LogP contribution < -0.4 is 0 Å². The highest BCUT2D eigenvalue weighted by Crippen LogP contribution is 2.43. The fourth-order valence-corrected chi connectivity index (χ4v) is 4.09. The topological polar surface area (TPSA) is 23.9 Å². The molecular weight excluding hydrogens is 374 g/mol. The molecule has 0 saturated carbocycles. The lowest BCUT2D eigenvalue weighted by molar-refractivity contribution is 0.876. The van der Waals surface area contributed by atoms with Crippen LogP contribution in [0.3, 0.4) is 0 Å². The maximum absolute atomic E-state index is 8.84. The average molecular weight is 400 g/mol. The van der Waals surface area contributed by atoms with Crippen molar-refractivity contribution in [3.8, 4) is 0 Å². The van der Waals surface area contributed by atoms with Crippen LogP contribution in [0.25, 0.3) is 5.57 Å². The Kier molecular flexibility index (Phi) is 6.51. The number of hydrogen-bond acceptors (Lipinski definition) is 1. The third-order valence-electron chi connectivity index (χ3n) is 5.37. The quantitative estimate of drug-likeness (QED) is 0.366. The lowest BCUT2D eigenvalue weighted by Gasteiger charge is -2.19. The van der Waals surface area contributed by atoms with Crippen LogP contribution in [0.1, 0.15) is 30.5 Å². The molecule has 2 heteroatoms. The van der Waals surface area contributed by atoms with Crippen LogP contribution in [0.2, 0.25) is 5.02 Å². The number of rotatable bonds is 7. The van der Waals surface area contributed by atoms with Gasteiger partial charge in [-0.3, -0.25) is 0 Å². The van der Waals surface area contributed by atoms with Crippen LogP contribution in [0.15, 0.2) is 103 Å². The van der Waals surface area contributed by atoms with E-state index in [9.17, 15) is 0 Å². The van der Waals surface area contributed by atoms with E-state index in [0.29, 0.717) is 10.7 Å². The van der Waals surface area contributed by atoms with Crippen molar-refractivity contribution < 1.29 is 0 Å². The van der Waals surface area contributed by atoms with Gasteiger partial charge in [0.05, 0.1) is 0 Å². The van der Waals surface area contributed by atoms with Crippen molar-refractivity contribution in [3.63, 3.8) is 0 Å². The van der Waals surface area contributed by atoms with Crippen LogP contribution in [0, 0.1) is 11.3 Å². The molecule has 2 aromatic carbocycles. The molecule has 0 aromatic heterocycles. The molecule has 1 aliphatic rings. The van der Waals surface area contributed by atoms with E-state index in [1.807, 2.05) is 43.3 Å². The van der Waals surface area contributed by atoms with E-state index in [4.69, 9.17) is 17.0 Å². The van der Waals surface area contributed by atoms with Gasteiger partial charge in [-0.25, -0.2) is 0 Å². The standard InChI is InChI=1S/C27H26ClN/c1-5-10-20(11-6-2)18(3)26-24-15-8-7-12-21(24)17-25(26)19(4)27(29)22-13-9-14-23(28)16-22/h5-16,19,29H,1,3,17H2,2,4H3/b11-6-,20-10+,29-27?. The highest BCUT2D eigenvalue weighted by atomic mass is 35.5. The lowest BCUT2D eigenvalue weighted by atomic mass is 9.85. The second kappa shape index (κ2) is 9.07. The molecule has 0 bridgehead atoms. The zero-order chi connectivity index (χ0) is 21.0. The number of benzene rings is 2. The molecule has 29 heavy (non-hydrogen) atoms. The largest absolute Gasteiger partial charge is 0.304 e. The Hall–Kier alpha value is -2.90. The molecule has 0 heterocycles. The van der Waals surface area contributed by atoms with Crippen LogP contribution in [-0.4, -0.2) is 5.71 Å². The summed E-state index contributed by atoms with van der Waals surface area (Å²) in [4.78, 5) is 0. The predicted octanol–water partition coefficient (Wildman–Crippen LogP) is 7.60. The highest BCUT2D eigenvalue weighted by molar-refractivity contribution is 6.31. The van der Waals surface area contributed by atoms with E-state index < -0.39 is 0 Å². The summed E-state index contributed by atoms with van der Waals surface area (Å²) < 4.78 is 0. The van der Waals surface area contributed by atoms with Crippen molar-refractivity contribution >= 4 is 22.9 Å². The first-order valence-electron chi connectivity index (χ1n) is 9.78. The van der Waals surface area contributed by atoms with E-state index >= 15 is 0 Å². The summed E-state index contributed by atoms with van der Waals surface area (Å²) in [6, 6.07) is 16.0. The molecule has 0 radical (unpaired) electrons. The summed E-state index contributed by atoms with van der Waals surface area (Å²) in [6.45, 7) is 12.4. The predicted molar refractivity (Wildman–Crippen MR) is 127 cm³/mol. The molecule has 146 valence electrons. The van der Waals surface area contributed by atoms with Gasteiger partial charge in [0.1, 0.15) is 0 Å². The van der Waals surface area contributed by atoms with Gasteiger partial charge in [-0.05, 0) is 64.5 Å². The van der Waals surface area contributed by atoms with Crippen LogP contribution in [-0.2, 0) is 6.42 Å². The molecule has 0 amide bonds. The Morgan fingerprint density at radius 2 is 1.93 bits per heavy atom. The van der Waals surface area contributed by atoms with E-state index in [0.717, 1.165) is 28.7 Å². The first kappa shape index (κ1) is 20.8. The third kappa shape index (κ3) is 4.26. The monoisotopic (exact) mass is 399 g/mol. The molecule has 3 rings (SSSR count). The molecule has 0 saturated heterocycles. The van der Waals surface area contributed by atoms with Gasteiger partial charge in [0.2, 0.25) is 0 Å². The van der Waals surface area contributed by atoms with Crippen molar-refractivity contribution in [2.75, 3.05) is 0 Å².